The van der Waals surface area contributed by atoms with Crippen molar-refractivity contribution in [3.05, 3.63) is 34.9 Å². The van der Waals surface area contributed by atoms with Crippen LogP contribution in [0.4, 0.5) is 0 Å². The highest BCUT2D eigenvalue weighted by atomic mass is 35.5. The number of halogens is 1. The van der Waals surface area contributed by atoms with E-state index in [1.165, 1.54) is 0 Å². The van der Waals surface area contributed by atoms with E-state index < -0.39 is 11.4 Å². The summed E-state index contributed by atoms with van der Waals surface area (Å²) in [6, 6.07) is 6.94. The molecule has 1 aromatic carbocycles. The summed E-state index contributed by atoms with van der Waals surface area (Å²) in [6.45, 7) is 0. The number of rotatable bonds is 1. The predicted molar refractivity (Wildman–Crippen MR) is 48.3 cm³/mol. The molecule has 1 heterocycles. The molecule has 2 rings (SSSR count). The van der Waals surface area contributed by atoms with Crippen molar-refractivity contribution in [1.82, 2.24) is 0 Å². The average molecular weight is 218 g/mol. The van der Waals surface area contributed by atoms with Crippen molar-refractivity contribution in [3.63, 3.8) is 0 Å². The summed E-state index contributed by atoms with van der Waals surface area (Å²) >= 11 is 4.01. The van der Waals surface area contributed by atoms with Gasteiger partial charge in [-0.1, -0.05) is 23.7 Å². The quantitative estimate of drug-likeness (QED) is 0.718. The lowest BCUT2D eigenvalue weighted by Gasteiger charge is -1.98. The molecule has 0 aromatic heterocycles. The minimum Gasteiger partial charge on any atom is -0.345 e. The van der Waals surface area contributed by atoms with Crippen LogP contribution in [0.5, 0.6) is 0 Å². The van der Waals surface area contributed by atoms with E-state index in [2.05, 4.69) is 9.44 Å². The van der Waals surface area contributed by atoms with Crippen LogP contribution in [0.3, 0.4) is 0 Å². The second-order valence-electron chi connectivity index (χ2n) is 2.24. The lowest BCUT2D eigenvalue weighted by molar-refractivity contribution is 0.371. The standard InChI is InChI=1S/C7H4ClNO3S/c8-6-4-2-1-3-5(6)7-9-12-13(10)11-7/h1-4H. The zero-order valence-corrected chi connectivity index (χ0v) is 7.84. The normalized spacial score (nSPS) is 20.4. The molecule has 0 aliphatic carbocycles. The Labute approximate surface area is 82.0 Å². The zero-order chi connectivity index (χ0) is 9.26. The van der Waals surface area contributed by atoms with Gasteiger partial charge in [0.05, 0.1) is 10.6 Å². The molecular formula is C7H4ClNO3S. The first-order chi connectivity index (χ1) is 6.27. The van der Waals surface area contributed by atoms with E-state index in [1.54, 1.807) is 24.3 Å². The van der Waals surface area contributed by atoms with Crippen LogP contribution in [-0.2, 0) is 19.8 Å². The van der Waals surface area contributed by atoms with Crippen LogP contribution < -0.4 is 0 Å². The maximum absolute atomic E-state index is 10.6. The molecule has 13 heavy (non-hydrogen) atoms. The lowest BCUT2D eigenvalue weighted by atomic mass is 10.2. The van der Waals surface area contributed by atoms with Gasteiger partial charge >= 0.3 is 11.4 Å². The topological polar surface area (TPSA) is 47.9 Å². The number of hydrogen-bond donors (Lipinski definition) is 0. The van der Waals surface area contributed by atoms with Crippen LogP contribution >= 0.6 is 11.6 Å². The molecule has 1 atom stereocenters. The van der Waals surface area contributed by atoms with Gasteiger partial charge in [0.15, 0.2) is 0 Å². The van der Waals surface area contributed by atoms with Gasteiger partial charge < -0.3 is 4.18 Å². The molecule has 6 heteroatoms. The van der Waals surface area contributed by atoms with Gasteiger partial charge in [0.25, 0.3) is 5.90 Å². The molecule has 0 radical (unpaired) electrons. The maximum atomic E-state index is 10.6. The van der Waals surface area contributed by atoms with E-state index in [1.807, 2.05) is 0 Å². The van der Waals surface area contributed by atoms with Gasteiger partial charge in [-0.3, -0.25) is 4.28 Å². The molecule has 1 unspecified atom stereocenters. The molecule has 1 aliphatic heterocycles. The Morgan fingerprint density at radius 3 is 2.77 bits per heavy atom. The fourth-order valence-corrected chi connectivity index (χ4v) is 1.51. The number of nitrogens with zero attached hydrogens (tertiary/aromatic N) is 1. The largest absolute Gasteiger partial charge is 0.441 e. The Morgan fingerprint density at radius 2 is 2.15 bits per heavy atom. The molecule has 0 amide bonds. The molecule has 0 bridgehead atoms. The third kappa shape index (κ3) is 1.66. The number of oxime groups is 1. The first-order valence-corrected chi connectivity index (χ1v) is 4.75. The molecule has 68 valence electrons. The van der Waals surface area contributed by atoms with Crippen molar-refractivity contribution < 1.29 is 12.7 Å². The minimum atomic E-state index is -1.82. The van der Waals surface area contributed by atoms with Crippen molar-refractivity contribution >= 4 is 28.9 Å². The molecule has 1 aliphatic rings. The predicted octanol–water partition coefficient (Wildman–Crippen LogP) is 1.63. The van der Waals surface area contributed by atoms with Crippen molar-refractivity contribution in [2.24, 2.45) is 5.16 Å². The maximum Gasteiger partial charge on any atom is 0.441 e. The van der Waals surface area contributed by atoms with Gasteiger partial charge in [-0.05, 0) is 17.3 Å². The van der Waals surface area contributed by atoms with Crippen molar-refractivity contribution in [2.45, 2.75) is 0 Å². The highest BCUT2D eigenvalue weighted by Gasteiger charge is 2.21. The second kappa shape index (κ2) is 3.35. The summed E-state index contributed by atoms with van der Waals surface area (Å²) in [6.07, 6.45) is 0. The van der Waals surface area contributed by atoms with Crippen molar-refractivity contribution in [1.29, 1.82) is 0 Å². The van der Waals surface area contributed by atoms with Crippen LogP contribution in [0, 0.1) is 0 Å². The van der Waals surface area contributed by atoms with Crippen LogP contribution in [-0.4, -0.2) is 10.1 Å². The summed E-state index contributed by atoms with van der Waals surface area (Å²) < 4.78 is 19.7. The van der Waals surface area contributed by atoms with Gasteiger partial charge in [0.1, 0.15) is 0 Å². The Balaban J connectivity index is 2.37. The third-order valence-electron chi connectivity index (χ3n) is 1.43. The van der Waals surface area contributed by atoms with E-state index >= 15 is 0 Å². The first-order valence-electron chi connectivity index (χ1n) is 3.38. The van der Waals surface area contributed by atoms with Crippen molar-refractivity contribution in [2.75, 3.05) is 0 Å². The molecule has 0 N–H and O–H groups in total. The molecular weight excluding hydrogens is 214 g/mol. The fourth-order valence-electron chi connectivity index (χ4n) is 0.888. The number of hydrogen-bond acceptors (Lipinski definition) is 4. The Hall–Kier alpha value is -1.07. The first kappa shape index (κ1) is 8.52. The molecule has 4 nitrogen and oxygen atoms in total. The second-order valence-corrected chi connectivity index (χ2v) is 3.37. The summed E-state index contributed by atoms with van der Waals surface area (Å²) in [5.74, 6) is 0.143. The Morgan fingerprint density at radius 1 is 1.38 bits per heavy atom. The molecule has 0 saturated heterocycles. The SMILES string of the molecule is O=S1ON=C(c2ccccc2Cl)O1. The van der Waals surface area contributed by atoms with Crippen LogP contribution in [0.25, 0.3) is 0 Å². The van der Waals surface area contributed by atoms with Crippen LogP contribution in [0.15, 0.2) is 29.4 Å². The van der Waals surface area contributed by atoms with E-state index in [0.29, 0.717) is 10.6 Å². The lowest BCUT2D eigenvalue weighted by Crippen LogP contribution is -2.01. The molecule has 0 saturated carbocycles. The van der Waals surface area contributed by atoms with Gasteiger partial charge in [-0.2, -0.15) is 4.21 Å². The van der Waals surface area contributed by atoms with Gasteiger partial charge in [0, 0.05) is 0 Å². The summed E-state index contributed by atoms with van der Waals surface area (Å²) in [7, 11) is 0. The van der Waals surface area contributed by atoms with E-state index in [4.69, 9.17) is 15.8 Å². The molecule has 0 spiro atoms. The molecule has 0 fully saturated rings. The molecule has 1 aromatic rings. The smallest absolute Gasteiger partial charge is 0.345 e. The minimum absolute atomic E-state index is 0.143. The monoisotopic (exact) mass is 217 g/mol. The summed E-state index contributed by atoms with van der Waals surface area (Å²) in [4.78, 5) is 0. The van der Waals surface area contributed by atoms with Crippen LogP contribution in [0.2, 0.25) is 5.02 Å². The van der Waals surface area contributed by atoms with Crippen LogP contribution in [0.1, 0.15) is 5.56 Å². The van der Waals surface area contributed by atoms with E-state index in [9.17, 15) is 4.21 Å². The average Bonchev–Trinajstić information content (AvgIpc) is 2.53. The Bertz CT molecular complexity index is 393. The van der Waals surface area contributed by atoms with Gasteiger partial charge in [-0.15, -0.1) is 0 Å². The number of benzene rings is 1. The highest BCUT2D eigenvalue weighted by Crippen LogP contribution is 2.19. The summed E-state index contributed by atoms with van der Waals surface area (Å²) in [5.41, 5.74) is 0.565. The Kier molecular flexibility index (Phi) is 2.20. The highest BCUT2D eigenvalue weighted by molar-refractivity contribution is 7.75. The van der Waals surface area contributed by atoms with E-state index in [-0.39, 0.29) is 5.90 Å². The van der Waals surface area contributed by atoms with Crippen molar-refractivity contribution in [3.8, 4) is 0 Å². The van der Waals surface area contributed by atoms with Gasteiger partial charge in [0.2, 0.25) is 0 Å². The zero-order valence-electron chi connectivity index (χ0n) is 6.27. The third-order valence-corrected chi connectivity index (χ3v) is 2.25. The van der Waals surface area contributed by atoms with Gasteiger partial charge in [-0.25, -0.2) is 0 Å². The van der Waals surface area contributed by atoms with E-state index in [0.717, 1.165) is 0 Å². The fraction of sp³-hybridized carbons (Fsp3) is 0. The summed E-state index contributed by atoms with van der Waals surface area (Å²) in [5, 5.41) is 3.93.